The van der Waals surface area contributed by atoms with Gasteiger partial charge in [0.25, 0.3) is 0 Å². The fraction of sp³-hybridized carbons (Fsp3) is 0.167. The second kappa shape index (κ2) is 3.69. The summed E-state index contributed by atoms with van der Waals surface area (Å²) in [7, 11) is 0. The van der Waals surface area contributed by atoms with E-state index in [1.54, 1.807) is 24.3 Å². The average Bonchev–Trinajstić information content (AvgIpc) is 2.16. The van der Waals surface area contributed by atoms with Crippen LogP contribution in [0, 0.1) is 0 Å². The molecule has 15 heavy (non-hydrogen) atoms. The van der Waals surface area contributed by atoms with Crippen molar-refractivity contribution in [2.24, 2.45) is 0 Å². The summed E-state index contributed by atoms with van der Waals surface area (Å²) < 4.78 is 5.43. The number of carbonyl (C=O) groups excluding carboxylic acids is 1. The number of hydrogen-bond donors (Lipinski definition) is 0. The van der Waals surface area contributed by atoms with Crippen LogP contribution in [0.25, 0.3) is 11.0 Å². The largest absolute Gasteiger partial charge is 0.460 e. The van der Waals surface area contributed by atoms with Crippen LogP contribution in [0.4, 0.5) is 0 Å². The van der Waals surface area contributed by atoms with Crippen LogP contribution in [0.3, 0.4) is 0 Å². The van der Waals surface area contributed by atoms with Crippen molar-refractivity contribution in [1.29, 1.82) is 0 Å². The van der Waals surface area contributed by atoms with Crippen molar-refractivity contribution in [1.82, 2.24) is 0 Å². The van der Waals surface area contributed by atoms with Crippen molar-refractivity contribution in [3.8, 4) is 0 Å². The van der Waals surface area contributed by atoms with Crippen LogP contribution in [0.2, 0.25) is 0 Å². The molecule has 0 bridgehead atoms. The third kappa shape index (κ3) is 1.96. The lowest BCUT2D eigenvalue weighted by Crippen LogP contribution is -2.04. The molecule has 0 saturated carbocycles. The Labute approximate surface area is 86.3 Å². The molecule has 3 nitrogen and oxygen atoms in total. The molecule has 3 heteroatoms. The minimum absolute atomic E-state index is 0.0200. The van der Waals surface area contributed by atoms with E-state index < -0.39 is 0 Å². The van der Waals surface area contributed by atoms with E-state index in [0.717, 1.165) is 0 Å². The molecule has 0 amide bonds. The predicted molar refractivity (Wildman–Crippen MR) is 56.9 cm³/mol. The summed E-state index contributed by atoms with van der Waals surface area (Å²) in [6.45, 7) is 1.47. The van der Waals surface area contributed by atoms with Gasteiger partial charge in [0.2, 0.25) is 0 Å². The van der Waals surface area contributed by atoms with Crippen molar-refractivity contribution in [3.05, 3.63) is 46.3 Å². The Bertz CT molecular complexity index is 566. The molecule has 0 unspecified atom stereocenters. The van der Waals surface area contributed by atoms with Crippen molar-refractivity contribution < 1.29 is 9.21 Å². The molecule has 0 aliphatic carbocycles. The molecule has 1 aromatic heterocycles. The van der Waals surface area contributed by atoms with Gasteiger partial charge in [-0.25, -0.2) is 0 Å². The van der Waals surface area contributed by atoms with Crippen molar-refractivity contribution in [2.75, 3.05) is 0 Å². The minimum atomic E-state index is -0.104. The van der Waals surface area contributed by atoms with Gasteiger partial charge in [-0.15, -0.1) is 0 Å². The van der Waals surface area contributed by atoms with Gasteiger partial charge >= 0.3 is 0 Å². The molecule has 76 valence electrons. The van der Waals surface area contributed by atoms with E-state index in [1.165, 1.54) is 13.0 Å². The summed E-state index contributed by atoms with van der Waals surface area (Å²) in [5, 5.41) is 0.546. The van der Waals surface area contributed by atoms with Crippen LogP contribution < -0.4 is 5.43 Å². The van der Waals surface area contributed by atoms with Gasteiger partial charge in [0.1, 0.15) is 17.1 Å². The summed E-state index contributed by atoms with van der Waals surface area (Å²) >= 11 is 0. The van der Waals surface area contributed by atoms with E-state index in [-0.39, 0.29) is 17.6 Å². The van der Waals surface area contributed by atoms with Crippen molar-refractivity contribution >= 4 is 16.8 Å². The number of ketones is 1. The summed E-state index contributed by atoms with van der Waals surface area (Å²) in [4.78, 5) is 22.5. The van der Waals surface area contributed by atoms with Gasteiger partial charge in [0.15, 0.2) is 5.43 Å². The van der Waals surface area contributed by atoms with Gasteiger partial charge in [0, 0.05) is 6.07 Å². The maximum atomic E-state index is 11.6. The first-order valence-electron chi connectivity index (χ1n) is 4.68. The molecule has 0 aliphatic rings. The highest BCUT2D eigenvalue weighted by molar-refractivity contribution is 5.79. The molecule has 2 rings (SSSR count). The van der Waals surface area contributed by atoms with Gasteiger partial charge < -0.3 is 4.42 Å². The third-order valence-corrected chi connectivity index (χ3v) is 2.11. The molecule has 1 aromatic carbocycles. The predicted octanol–water partition coefficient (Wildman–Crippen LogP) is 1.92. The molecular formula is C12H10O3. The number of benzene rings is 1. The molecule has 1 heterocycles. The molecule has 0 spiro atoms. The summed E-state index contributed by atoms with van der Waals surface area (Å²) in [6.07, 6.45) is 0.167. The standard InChI is InChI=1S/C12H10O3/c1-8(13)6-9-7-11(14)10-4-2-3-5-12(10)15-9/h2-5,7H,6H2,1H3. The first-order chi connectivity index (χ1) is 7.16. The molecule has 2 aromatic rings. The molecule has 0 saturated heterocycles. The Morgan fingerprint density at radius 3 is 2.80 bits per heavy atom. The normalized spacial score (nSPS) is 10.5. The van der Waals surface area contributed by atoms with E-state index in [1.807, 2.05) is 0 Å². The number of fused-ring (bicyclic) bond motifs is 1. The smallest absolute Gasteiger partial charge is 0.192 e. The molecule has 0 radical (unpaired) electrons. The molecule has 0 N–H and O–H groups in total. The van der Waals surface area contributed by atoms with E-state index in [2.05, 4.69) is 0 Å². The zero-order valence-corrected chi connectivity index (χ0v) is 8.32. The maximum Gasteiger partial charge on any atom is 0.192 e. The highest BCUT2D eigenvalue weighted by Gasteiger charge is 2.05. The molecule has 0 aliphatic heterocycles. The fourth-order valence-corrected chi connectivity index (χ4v) is 1.49. The first-order valence-corrected chi connectivity index (χ1v) is 4.68. The minimum Gasteiger partial charge on any atom is -0.460 e. The lowest BCUT2D eigenvalue weighted by Gasteiger charge is -1.99. The Balaban J connectivity index is 2.62. The Hall–Kier alpha value is -1.90. The average molecular weight is 202 g/mol. The Morgan fingerprint density at radius 1 is 1.33 bits per heavy atom. The van der Waals surface area contributed by atoms with Crippen LogP contribution in [-0.2, 0) is 11.2 Å². The van der Waals surface area contributed by atoms with Gasteiger partial charge in [-0.2, -0.15) is 0 Å². The van der Waals surface area contributed by atoms with E-state index >= 15 is 0 Å². The van der Waals surface area contributed by atoms with Crippen LogP contribution in [0.15, 0.2) is 39.5 Å². The molecule has 0 fully saturated rings. The van der Waals surface area contributed by atoms with Crippen molar-refractivity contribution in [3.63, 3.8) is 0 Å². The first kappa shape index (κ1) is 9.65. The monoisotopic (exact) mass is 202 g/mol. The number of hydrogen-bond acceptors (Lipinski definition) is 3. The number of carbonyl (C=O) groups is 1. The van der Waals surface area contributed by atoms with Gasteiger partial charge in [-0.05, 0) is 19.1 Å². The third-order valence-electron chi connectivity index (χ3n) is 2.11. The summed E-state index contributed by atoms with van der Waals surface area (Å²) in [5.74, 6) is 0.402. The highest BCUT2D eigenvalue weighted by atomic mass is 16.3. The quantitative estimate of drug-likeness (QED) is 0.747. The number of Topliss-reactive ketones (excluding diaryl/α,β-unsaturated/α-hetero) is 1. The second-order valence-electron chi connectivity index (χ2n) is 3.45. The van der Waals surface area contributed by atoms with Crippen LogP contribution in [0.5, 0.6) is 0 Å². The molecular weight excluding hydrogens is 192 g/mol. The second-order valence-corrected chi connectivity index (χ2v) is 3.45. The zero-order chi connectivity index (χ0) is 10.8. The zero-order valence-electron chi connectivity index (χ0n) is 8.32. The SMILES string of the molecule is CC(=O)Cc1cc(=O)c2ccccc2o1. The molecule has 0 atom stereocenters. The summed E-state index contributed by atoms with van der Waals surface area (Å²) in [6, 6.07) is 8.38. The maximum absolute atomic E-state index is 11.6. The highest BCUT2D eigenvalue weighted by Crippen LogP contribution is 2.11. The lowest BCUT2D eigenvalue weighted by atomic mass is 10.2. The van der Waals surface area contributed by atoms with Crippen LogP contribution in [-0.4, -0.2) is 5.78 Å². The van der Waals surface area contributed by atoms with Crippen LogP contribution >= 0.6 is 0 Å². The topological polar surface area (TPSA) is 47.3 Å². The number of para-hydroxylation sites is 1. The fourth-order valence-electron chi connectivity index (χ4n) is 1.49. The number of rotatable bonds is 2. The van der Waals surface area contributed by atoms with Gasteiger partial charge in [0.05, 0.1) is 11.8 Å². The van der Waals surface area contributed by atoms with Gasteiger partial charge in [-0.3, -0.25) is 9.59 Å². The lowest BCUT2D eigenvalue weighted by molar-refractivity contribution is -0.116. The summed E-state index contributed by atoms with van der Waals surface area (Å²) in [5.41, 5.74) is 0.425. The van der Waals surface area contributed by atoms with Crippen LogP contribution in [0.1, 0.15) is 12.7 Å². The Kier molecular flexibility index (Phi) is 2.37. The van der Waals surface area contributed by atoms with Crippen molar-refractivity contribution in [2.45, 2.75) is 13.3 Å². The van der Waals surface area contributed by atoms with E-state index in [4.69, 9.17) is 4.42 Å². The van der Waals surface area contributed by atoms with E-state index in [9.17, 15) is 9.59 Å². The van der Waals surface area contributed by atoms with Gasteiger partial charge in [-0.1, -0.05) is 12.1 Å². The van der Waals surface area contributed by atoms with E-state index in [0.29, 0.717) is 16.7 Å². The Morgan fingerprint density at radius 2 is 2.07 bits per heavy atom.